The third-order valence-corrected chi connectivity index (χ3v) is 2.39. The number of amides is 1. The Kier molecular flexibility index (Phi) is 5.81. The second kappa shape index (κ2) is 7.38. The molecule has 1 rings (SSSR count). The molecule has 1 atom stereocenters. The first kappa shape index (κ1) is 15.0. The molecule has 1 unspecified atom stereocenters. The van der Waals surface area contributed by atoms with Crippen molar-refractivity contribution in [1.82, 2.24) is 5.32 Å². The number of carbonyl (C=O) groups excluding carboxylic acids is 2. The number of esters is 1. The molecule has 0 saturated carbocycles. The number of benzene rings is 1. The summed E-state index contributed by atoms with van der Waals surface area (Å²) in [7, 11) is 1.53. The van der Waals surface area contributed by atoms with Gasteiger partial charge in [0.05, 0.1) is 13.7 Å². The summed E-state index contributed by atoms with van der Waals surface area (Å²) < 4.78 is 9.63. The van der Waals surface area contributed by atoms with Gasteiger partial charge in [-0.15, -0.1) is 0 Å². The molecule has 1 aromatic rings. The van der Waals surface area contributed by atoms with E-state index in [1.165, 1.54) is 7.11 Å². The minimum absolute atomic E-state index is 0.246. The Morgan fingerprint density at radius 3 is 2.47 bits per heavy atom. The van der Waals surface area contributed by atoms with Gasteiger partial charge in [0.25, 0.3) is 5.91 Å². The molecule has 0 aliphatic carbocycles. The molecule has 0 aliphatic rings. The lowest BCUT2D eigenvalue weighted by molar-refractivity contribution is -0.144. The van der Waals surface area contributed by atoms with Crippen molar-refractivity contribution in [2.45, 2.75) is 13.0 Å². The van der Waals surface area contributed by atoms with E-state index >= 15 is 0 Å². The fourth-order valence-corrected chi connectivity index (χ4v) is 1.41. The van der Waals surface area contributed by atoms with Crippen molar-refractivity contribution < 1.29 is 24.2 Å². The predicted molar refractivity (Wildman–Crippen MR) is 67.6 cm³/mol. The van der Waals surface area contributed by atoms with E-state index < -0.39 is 18.0 Å². The summed E-state index contributed by atoms with van der Waals surface area (Å²) in [5.74, 6) is -0.570. The van der Waals surface area contributed by atoms with Crippen LogP contribution in [0.5, 0.6) is 5.75 Å². The minimum Gasteiger partial charge on any atom is -0.497 e. The molecule has 19 heavy (non-hydrogen) atoms. The molecule has 1 amide bonds. The van der Waals surface area contributed by atoms with Gasteiger partial charge < -0.3 is 19.9 Å². The van der Waals surface area contributed by atoms with Gasteiger partial charge in [-0.3, -0.25) is 9.59 Å². The highest BCUT2D eigenvalue weighted by Gasteiger charge is 2.18. The van der Waals surface area contributed by atoms with E-state index in [2.05, 4.69) is 10.1 Å². The maximum Gasteiger partial charge on any atom is 0.325 e. The van der Waals surface area contributed by atoms with Crippen molar-refractivity contribution in [2.24, 2.45) is 0 Å². The number of carbonyl (C=O) groups is 2. The maximum absolute atomic E-state index is 11.6. The lowest BCUT2D eigenvalue weighted by atomic mass is 10.1. The van der Waals surface area contributed by atoms with E-state index in [0.717, 1.165) is 0 Å². The Labute approximate surface area is 111 Å². The van der Waals surface area contributed by atoms with E-state index in [9.17, 15) is 14.7 Å². The molecule has 104 valence electrons. The SMILES string of the molecule is CCOC(=O)CNC(=O)C(O)c1ccc(OC)cc1. The van der Waals surface area contributed by atoms with Crippen LogP contribution in [0.3, 0.4) is 0 Å². The van der Waals surface area contributed by atoms with Gasteiger partial charge in [-0.1, -0.05) is 12.1 Å². The molecule has 0 aliphatic heterocycles. The Morgan fingerprint density at radius 2 is 1.95 bits per heavy atom. The standard InChI is InChI=1S/C13H17NO5/c1-3-19-11(15)8-14-13(17)12(16)9-4-6-10(18-2)7-5-9/h4-7,12,16H,3,8H2,1-2H3,(H,14,17). The Morgan fingerprint density at radius 1 is 1.32 bits per heavy atom. The van der Waals surface area contributed by atoms with Gasteiger partial charge in [0.1, 0.15) is 12.3 Å². The molecule has 6 heteroatoms. The normalized spacial score (nSPS) is 11.5. The van der Waals surface area contributed by atoms with Crippen molar-refractivity contribution >= 4 is 11.9 Å². The summed E-state index contributed by atoms with van der Waals surface area (Å²) in [6.45, 7) is 1.65. The Balaban J connectivity index is 2.53. The van der Waals surface area contributed by atoms with Crippen LogP contribution in [-0.2, 0) is 14.3 Å². The zero-order valence-electron chi connectivity index (χ0n) is 10.9. The van der Waals surface area contributed by atoms with Crippen LogP contribution < -0.4 is 10.1 Å². The van der Waals surface area contributed by atoms with Crippen LogP contribution >= 0.6 is 0 Å². The molecule has 0 bridgehead atoms. The number of aliphatic hydroxyl groups excluding tert-OH is 1. The molecular formula is C13H17NO5. The zero-order valence-corrected chi connectivity index (χ0v) is 10.9. The van der Waals surface area contributed by atoms with Crippen LogP contribution in [0.15, 0.2) is 24.3 Å². The lowest BCUT2D eigenvalue weighted by Crippen LogP contribution is -2.34. The lowest BCUT2D eigenvalue weighted by Gasteiger charge is -2.11. The highest BCUT2D eigenvalue weighted by Crippen LogP contribution is 2.17. The number of rotatable bonds is 6. The van der Waals surface area contributed by atoms with Gasteiger partial charge >= 0.3 is 5.97 Å². The highest BCUT2D eigenvalue weighted by molar-refractivity contribution is 5.85. The van der Waals surface area contributed by atoms with Crippen molar-refractivity contribution in [3.8, 4) is 5.75 Å². The second-order valence-electron chi connectivity index (χ2n) is 3.70. The average molecular weight is 267 g/mol. The average Bonchev–Trinajstić information content (AvgIpc) is 2.44. The summed E-state index contributed by atoms with van der Waals surface area (Å²) in [5.41, 5.74) is 0.419. The first-order chi connectivity index (χ1) is 9.08. The molecule has 1 aromatic carbocycles. The third-order valence-electron chi connectivity index (χ3n) is 2.39. The molecule has 0 aromatic heterocycles. The maximum atomic E-state index is 11.6. The first-order valence-corrected chi connectivity index (χ1v) is 5.83. The van der Waals surface area contributed by atoms with Gasteiger partial charge in [0.2, 0.25) is 0 Å². The van der Waals surface area contributed by atoms with Crippen molar-refractivity contribution in [3.63, 3.8) is 0 Å². The number of ether oxygens (including phenoxy) is 2. The number of hydrogen-bond acceptors (Lipinski definition) is 5. The van der Waals surface area contributed by atoms with E-state index in [4.69, 9.17) is 4.74 Å². The molecule has 0 saturated heterocycles. The van der Waals surface area contributed by atoms with Crippen LogP contribution in [0.1, 0.15) is 18.6 Å². The molecule has 0 fully saturated rings. The van der Waals surface area contributed by atoms with Gasteiger partial charge in [0, 0.05) is 0 Å². The predicted octanol–water partition coefficient (Wildman–Crippen LogP) is 0.408. The third kappa shape index (κ3) is 4.59. The Bertz CT molecular complexity index is 429. The summed E-state index contributed by atoms with van der Waals surface area (Å²) >= 11 is 0. The monoisotopic (exact) mass is 267 g/mol. The van der Waals surface area contributed by atoms with Gasteiger partial charge in [0.15, 0.2) is 6.10 Å². The largest absolute Gasteiger partial charge is 0.497 e. The van der Waals surface area contributed by atoms with E-state index in [1.807, 2.05) is 0 Å². The second-order valence-corrected chi connectivity index (χ2v) is 3.70. The van der Waals surface area contributed by atoms with Gasteiger partial charge in [-0.25, -0.2) is 0 Å². The molecular weight excluding hydrogens is 250 g/mol. The highest BCUT2D eigenvalue weighted by atomic mass is 16.5. The zero-order chi connectivity index (χ0) is 14.3. The molecule has 0 heterocycles. The minimum atomic E-state index is -1.33. The number of aliphatic hydroxyl groups is 1. The molecule has 2 N–H and O–H groups in total. The molecule has 0 radical (unpaired) electrons. The Hall–Kier alpha value is -2.08. The van der Waals surface area contributed by atoms with Crippen LogP contribution in [-0.4, -0.2) is 37.2 Å². The van der Waals surface area contributed by atoms with Crippen LogP contribution in [0, 0.1) is 0 Å². The van der Waals surface area contributed by atoms with Crippen molar-refractivity contribution in [1.29, 1.82) is 0 Å². The van der Waals surface area contributed by atoms with E-state index in [1.54, 1.807) is 31.2 Å². The topological polar surface area (TPSA) is 84.9 Å². The van der Waals surface area contributed by atoms with Crippen LogP contribution in [0.4, 0.5) is 0 Å². The number of nitrogens with one attached hydrogen (secondary N) is 1. The van der Waals surface area contributed by atoms with Gasteiger partial charge in [-0.2, -0.15) is 0 Å². The van der Waals surface area contributed by atoms with E-state index in [0.29, 0.717) is 11.3 Å². The van der Waals surface area contributed by atoms with Crippen LogP contribution in [0.25, 0.3) is 0 Å². The van der Waals surface area contributed by atoms with Gasteiger partial charge in [-0.05, 0) is 24.6 Å². The van der Waals surface area contributed by atoms with Crippen molar-refractivity contribution in [3.05, 3.63) is 29.8 Å². The van der Waals surface area contributed by atoms with Crippen molar-refractivity contribution in [2.75, 3.05) is 20.3 Å². The smallest absolute Gasteiger partial charge is 0.325 e. The van der Waals surface area contributed by atoms with Crippen LogP contribution in [0.2, 0.25) is 0 Å². The fourth-order valence-electron chi connectivity index (χ4n) is 1.41. The van der Waals surface area contributed by atoms with E-state index in [-0.39, 0.29) is 13.2 Å². The number of methoxy groups -OCH3 is 1. The fraction of sp³-hybridized carbons (Fsp3) is 0.385. The summed E-state index contributed by atoms with van der Waals surface area (Å²) in [5, 5.41) is 12.1. The number of hydrogen-bond donors (Lipinski definition) is 2. The summed E-state index contributed by atoms with van der Waals surface area (Å²) in [4.78, 5) is 22.7. The summed E-state index contributed by atoms with van der Waals surface area (Å²) in [6, 6.07) is 6.43. The quantitative estimate of drug-likeness (QED) is 0.729. The molecule has 6 nitrogen and oxygen atoms in total. The summed E-state index contributed by atoms with van der Waals surface area (Å²) in [6.07, 6.45) is -1.33. The molecule has 0 spiro atoms. The first-order valence-electron chi connectivity index (χ1n) is 5.83.